The van der Waals surface area contributed by atoms with Crippen molar-refractivity contribution in [3.05, 3.63) is 42.5 Å². The summed E-state index contributed by atoms with van der Waals surface area (Å²) in [6.07, 6.45) is 7.48. The van der Waals surface area contributed by atoms with Gasteiger partial charge in [-0.2, -0.15) is 0 Å². The quantitative estimate of drug-likeness (QED) is 0.479. The van der Waals surface area contributed by atoms with Crippen molar-refractivity contribution in [3.63, 3.8) is 0 Å². The molecule has 2 nitrogen and oxygen atoms in total. The molecule has 1 aromatic rings. The van der Waals surface area contributed by atoms with Crippen molar-refractivity contribution in [2.45, 2.75) is 52.0 Å². The molecule has 0 fully saturated rings. The van der Waals surface area contributed by atoms with E-state index >= 15 is 0 Å². The number of allylic oxidation sites excluding steroid dienone is 1. The summed E-state index contributed by atoms with van der Waals surface area (Å²) in [4.78, 5) is 0. The monoisotopic (exact) mass is 275 g/mol. The second kappa shape index (κ2) is 10.5. The summed E-state index contributed by atoms with van der Waals surface area (Å²) < 4.78 is 5.68. The summed E-state index contributed by atoms with van der Waals surface area (Å²) in [7, 11) is 0. The summed E-state index contributed by atoms with van der Waals surface area (Å²) in [6.45, 7) is 10.0. The van der Waals surface area contributed by atoms with E-state index in [2.05, 4.69) is 50.0 Å². The Morgan fingerprint density at radius 2 is 2.05 bits per heavy atom. The van der Waals surface area contributed by atoms with Crippen molar-refractivity contribution in [2.75, 3.05) is 13.2 Å². The SMILES string of the molecule is C=CCCCOc1ccc(CCC(C)NCCC)cc1. The highest BCUT2D eigenvalue weighted by atomic mass is 16.5. The van der Waals surface area contributed by atoms with Gasteiger partial charge in [0.25, 0.3) is 0 Å². The maximum Gasteiger partial charge on any atom is 0.119 e. The molecule has 112 valence electrons. The number of benzene rings is 1. The van der Waals surface area contributed by atoms with E-state index in [0.717, 1.165) is 38.2 Å². The molecule has 0 saturated carbocycles. The van der Waals surface area contributed by atoms with E-state index in [0.29, 0.717) is 6.04 Å². The van der Waals surface area contributed by atoms with Gasteiger partial charge < -0.3 is 10.1 Å². The predicted octanol–water partition coefficient (Wildman–Crippen LogP) is 4.35. The fraction of sp³-hybridized carbons (Fsp3) is 0.556. The minimum atomic E-state index is 0.588. The fourth-order valence-electron chi connectivity index (χ4n) is 2.05. The predicted molar refractivity (Wildman–Crippen MR) is 87.4 cm³/mol. The molecule has 0 amide bonds. The molecule has 1 aromatic carbocycles. The van der Waals surface area contributed by atoms with Crippen LogP contribution in [0.3, 0.4) is 0 Å². The van der Waals surface area contributed by atoms with Crippen molar-refractivity contribution < 1.29 is 4.74 Å². The van der Waals surface area contributed by atoms with E-state index in [4.69, 9.17) is 4.74 Å². The van der Waals surface area contributed by atoms with Gasteiger partial charge in [-0.25, -0.2) is 0 Å². The van der Waals surface area contributed by atoms with Crippen LogP contribution in [0.1, 0.15) is 45.1 Å². The van der Waals surface area contributed by atoms with Crippen LogP contribution >= 0.6 is 0 Å². The van der Waals surface area contributed by atoms with Crippen LogP contribution in [0.2, 0.25) is 0 Å². The van der Waals surface area contributed by atoms with Gasteiger partial charge in [-0.3, -0.25) is 0 Å². The van der Waals surface area contributed by atoms with Crippen LogP contribution in [-0.2, 0) is 6.42 Å². The third kappa shape index (κ3) is 7.34. The smallest absolute Gasteiger partial charge is 0.119 e. The molecule has 0 heterocycles. The van der Waals surface area contributed by atoms with Gasteiger partial charge in [-0.15, -0.1) is 6.58 Å². The van der Waals surface area contributed by atoms with Crippen LogP contribution < -0.4 is 10.1 Å². The van der Waals surface area contributed by atoms with Crippen LogP contribution in [0, 0.1) is 0 Å². The molecule has 1 atom stereocenters. The fourth-order valence-corrected chi connectivity index (χ4v) is 2.05. The lowest BCUT2D eigenvalue weighted by Gasteiger charge is -2.13. The molecule has 0 spiro atoms. The second-order valence-electron chi connectivity index (χ2n) is 5.32. The molecule has 20 heavy (non-hydrogen) atoms. The molecule has 0 bridgehead atoms. The highest BCUT2D eigenvalue weighted by Crippen LogP contribution is 2.14. The Morgan fingerprint density at radius 3 is 2.70 bits per heavy atom. The van der Waals surface area contributed by atoms with Crippen LogP contribution in [0.4, 0.5) is 0 Å². The van der Waals surface area contributed by atoms with E-state index in [9.17, 15) is 0 Å². The molecule has 0 aliphatic rings. The van der Waals surface area contributed by atoms with Crippen LogP contribution in [0.25, 0.3) is 0 Å². The lowest BCUT2D eigenvalue weighted by molar-refractivity contribution is 0.312. The van der Waals surface area contributed by atoms with Crippen molar-refractivity contribution in [1.82, 2.24) is 5.32 Å². The molecule has 0 aliphatic carbocycles. The summed E-state index contributed by atoms with van der Waals surface area (Å²) in [6, 6.07) is 9.09. The molecule has 0 saturated heterocycles. The summed E-state index contributed by atoms with van der Waals surface area (Å²) in [5, 5.41) is 3.52. The number of ether oxygens (including phenoxy) is 1. The number of rotatable bonds is 11. The zero-order chi connectivity index (χ0) is 14.6. The maximum atomic E-state index is 5.68. The molecule has 0 aliphatic heterocycles. The Balaban J connectivity index is 2.25. The molecule has 1 N–H and O–H groups in total. The largest absolute Gasteiger partial charge is 0.494 e. The average Bonchev–Trinajstić information content (AvgIpc) is 2.48. The van der Waals surface area contributed by atoms with Crippen molar-refractivity contribution in [1.29, 1.82) is 0 Å². The van der Waals surface area contributed by atoms with Gasteiger partial charge in [0.1, 0.15) is 5.75 Å². The van der Waals surface area contributed by atoms with E-state index < -0.39 is 0 Å². The van der Waals surface area contributed by atoms with Gasteiger partial charge in [0, 0.05) is 6.04 Å². The van der Waals surface area contributed by atoms with E-state index in [1.54, 1.807) is 0 Å². The van der Waals surface area contributed by atoms with Crippen molar-refractivity contribution >= 4 is 0 Å². The Kier molecular flexibility index (Phi) is 8.81. The third-order valence-electron chi connectivity index (χ3n) is 3.35. The van der Waals surface area contributed by atoms with Crippen LogP contribution in [-0.4, -0.2) is 19.2 Å². The first-order valence-corrected chi connectivity index (χ1v) is 7.82. The van der Waals surface area contributed by atoms with Crippen molar-refractivity contribution in [2.24, 2.45) is 0 Å². The topological polar surface area (TPSA) is 21.3 Å². The van der Waals surface area contributed by atoms with E-state index in [-0.39, 0.29) is 0 Å². The number of aryl methyl sites for hydroxylation is 1. The Morgan fingerprint density at radius 1 is 1.30 bits per heavy atom. The number of nitrogens with one attached hydrogen (secondary N) is 1. The number of hydrogen-bond donors (Lipinski definition) is 1. The van der Waals surface area contributed by atoms with Crippen LogP contribution in [0.15, 0.2) is 36.9 Å². The Hall–Kier alpha value is -1.28. The molecular weight excluding hydrogens is 246 g/mol. The van der Waals surface area contributed by atoms with Gasteiger partial charge in [0.2, 0.25) is 0 Å². The molecule has 1 rings (SSSR count). The summed E-state index contributed by atoms with van der Waals surface area (Å²) in [5.41, 5.74) is 1.38. The molecule has 1 unspecified atom stereocenters. The van der Waals surface area contributed by atoms with Gasteiger partial charge in [0.15, 0.2) is 0 Å². The van der Waals surface area contributed by atoms with Gasteiger partial charge in [0.05, 0.1) is 6.61 Å². The van der Waals surface area contributed by atoms with E-state index in [1.165, 1.54) is 18.4 Å². The lowest BCUT2D eigenvalue weighted by atomic mass is 10.1. The molecule has 0 radical (unpaired) electrons. The Bertz CT molecular complexity index is 358. The Labute approximate surface area is 124 Å². The normalized spacial score (nSPS) is 12.1. The third-order valence-corrected chi connectivity index (χ3v) is 3.35. The zero-order valence-electron chi connectivity index (χ0n) is 13.0. The number of hydrogen-bond acceptors (Lipinski definition) is 2. The first-order chi connectivity index (χ1) is 9.76. The minimum absolute atomic E-state index is 0.588. The van der Waals surface area contributed by atoms with Gasteiger partial charge in [-0.05, 0) is 63.3 Å². The van der Waals surface area contributed by atoms with Crippen molar-refractivity contribution in [3.8, 4) is 5.75 Å². The highest BCUT2D eigenvalue weighted by Gasteiger charge is 2.01. The van der Waals surface area contributed by atoms with Gasteiger partial charge >= 0.3 is 0 Å². The molecule has 2 heteroatoms. The molecular formula is C18H29NO. The average molecular weight is 275 g/mol. The lowest BCUT2D eigenvalue weighted by Crippen LogP contribution is -2.27. The zero-order valence-corrected chi connectivity index (χ0v) is 13.0. The summed E-state index contributed by atoms with van der Waals surface area (Å²) in [5.74, 6) is 0.968. The first-order valence-electron chi connectivity index (χ1n) is 7.82. The molecule has 0 aromatic heterocycles. The number of unbranched alkanes of at least 4 members (excludes halogenated alkanes) is 1. The minimum Gasteiger partial charge on any atom is -0.494 e. The van der Waals surface area contributed by atoms with Gasteiger partial charge in [-0.1, -0.05) is 25.1 Å². The summed E-state index contributed by atoms with van der Waals surface area (Å²) >= 11 is 0. The van der Waals surface area contributed by atoms with E-state index in [1.807, 2.05) is 6.08 Å². The highest BCUT2D eigenvalue weighted by molar-refractivity contribution is 5.27. The van der Waals surface area contributed by atoms with Crippen LogP contribution in [0.5, 0.6) is 5.75 Å². The second-order valence-corrected chi connectivity index (χ2v) is 5.32. The standard InChI is InChI=1S/C18H29NO/c1-4-6-7-15-20-18-12-10-17(11-13-18)9-8-16(3)19-14-5-2/h4,10-13,16,19H,1,5-9,14-15H2,2-3H3. The maximum absolute atomic E-state index is 5.68. The first kappa shape index (κ1) is 16.8.